The van der Waals surface area contributed by atoms with E-state index in [0.717, 1.165) is 86.2 Å². The fourth-order valence-electron chi connectivity index (χ4n) is 5.30. The van der Waals surface area contributed by atoms with Crippen LogP contribution in [0.2, 0.25) is 0 Å². The minimum absolute atomic E-state index is 0.000239. The first-order valence-electron chi connectivity index (χ1n) is 14.2. The zero-order valence-electron chi connectivity index (χ0n) is 23.3. The Kier molecular flexibility index (Phi) is 10.3. The van der Waals surface area contributed by atoms with Gasteiger partial charge in [0.2, 0.25) is 5.91 Å². The monoisotopic (exact) mass is 605 g/mol. The molecule has 0 spiro atoms. The lowest BCUT2D eigenvalue weighted by Crippen LogP contribution is -2.39. The summed E-state index contributed by atoms with van der Waals surface area (Å²) in [6.45, 7) is 3.81. The number of alkyl halides is 2. The second kappa shape index (κ2) is 14.1. The number of carbonyl (C=O) groups excluding carboxylic acids is 1. The van der Waals surface area contributed by atoms with Crippen molar-refractivity contribution in [2.45, 2.75) is 83.6 Å². The van der Waals surface area contributed by atoms with E-state index < -0.39 is 12.5 Å². The van der Waals surface area contributed by atoms with Gasteiger partial charge in [-0.2, -0.15) is 0 Å². The summed E-state index contributed by atoms with van der Waals surface area (Å²) < 4.78 is 37.1. The van der Waals surface area contributed by atoms with Crippen molar-refractivity contribution < 1.29 is 23.0 Å². The highest BCUT2D eigenvalue weighted by atomic mass is 32.1. The Labute approximate surface area is 247 Å². The van der Waals surface area contributed by atoms with Crippen LogP contribution < -0.4 is 10.1 Å². The van der Waals surface area contributed by atoms with Crippen LogP contribution in [0.3, 0.4) is 0 Å². The summed E-state index contributed by atoms with van der Waals surface area (Å²) in [5.74, 6) is -2.21. The SMILES string of the molecule is CC(F)(F)COc1nc2c(s1)CCN(CCC1CCC(NC(=O)Cc3nnc(COCc4ccccc4)s3)CC1)C2. The van der Waals surface area contributed by atoms with Crippen molar-refractivity contribution in [2.24, 2.45) is 5.92 Å². The van der Waals surface area contributed by atoms with Crippen molar-refractivity contribution in [3.8, 4) is 5.19 Å². The Morgan fingerprint density at radius 3 is 2.66 bits per heavy atom. The van der Waals surface area contributed by atoms with Crippen molar-refractivity contribution in [1.82, 2.24) is 25.4 Å². The van der Waals surface area contributed by atoms with Gasteiger partial charge in [0, 0.05) is 30.9 Å². The van der Waals surface area contributed by atoms with Crippen molar-refractivity contribution in [3.63, 3.8) is 0 Å². The van der Waals surface area contributed by atoms with Gasteiger partial charge in [0.1, 0.15) is 16.6 Å². The Morgan fingerprint density at radius 2 is 1.88 bits per heavy atom. The number of benzene rings is 1. The minimum atomic E-state index is -2.86. The van der Waals surface area contributed by atoms with Gasteiger partial charge in [-0.05, 0) is 56.6 Å². The van der Waals surface area contributed by atoms with Crippen LogP contribution in [0.5, 0.6) is 5.19 Å². The van der Waals surface area contributed by atoms with Gasteiger partial charge in [0.25, 0.3) is 11.1 Å². The summed E-state index contributed by atoms with van der Waals surface area (Å²) in [6.07, 6.45) is 6.43. The molecule has 1 aliphatic heterocycles. The molecule has 0 bridgehead atoms. The van der Waals surface area contributed by atoms with Crippen molar-refractivity contribution in [1.29, 1.82) is 0 Å². The Bertz CT molecular complexity index is 1260. The average molecular weight is 606 g/mol. The molecule has 0 unspecified atom stereocenters. The molecule has 1 N–H and O–H groups in total. The highest BCUT2D eigenvalue weighted by Gasteiger charge is 2.27. The molecule has 41 heavy (non-hydrogen) atoms. The summed E-state index contributed by atoms with van der Waals surface area (Å²) >= 11 is 2.82. The first-order chi connectivity index (χ1) is 19.8. The molecule has 1 saturated carbocycles. The van der Waals surface area contributed by atoms with E-state index in [1.54, 1.807) is 0 Å². The second-order valence-corrected chi connectivity index (χ2v) is 13.2. The maximum absolute atomic E-state index is 13.1. The molecule has 0 radical (unpaired) electrons. The number of nitrogens with zero attached hydrogens (tertiary/aromatic N) is 4. The molecule has 2 aromatic heterocycles. The second-order valence-electron chi connectivity index (χ2n) is 11.1. The molecule has 1 fully saturated rings. The summed E-state index contributed by atoms with van der Waals surface area (Å²) in [5.41, 5.74) is 2.07. The number of nitrogens with one attached hydrogen (secondary N) is 1. The number of thiazole rings is 1. The molecule has 5 rings (SSSR count). The Hall–Kier alpha value is -2.54. The van der Waals surface area contributed by atoms with Crippen LogP contribution in [0.25, 0.3) is 0 Å². The largest absolute Gasteiger partial charge is 0.464 e. The Morgan fingerprint density at radius 1 is 1.10 bits per heavy atom. The first-order valence-corrected chi connectivity index (χ1v) is 15.9. The van der Waals surface area contributed by atoms with Crippen LogP contribution in [0.1, 0.15) is 65.2 Å². The van der Waals surface area contributed by atoms with Gasteiger partial charge in [-0.15, -0.1) is 10.2 Å². The predicted molar refractivity (Wildman–Crippen MR) is 154 cm³/mol. The predicted octanol–water partition coefficient (Wildman–Crippen LogP) is 5.41. The maximum Gasteiger partial charge on any atom is 0.278 e. The molecular weight excluding hydrogens is 568 g/mol. The van der Waals surface area contributed by atoms with Crippen LogP contribution >= 0.6 is 22.7 Å². The molecule has 3 aromatic rings. The van der Waals surface area contributed by atoms with Crippen LogP contribution in [0.4, 0.5) is 8.78 Å². The van der Waals surface area contributed by atoms with E-state index in [4.69, 9.17) is 9.47 Å². The summed E-state index contributed by atoms with van der Waals surface area (Å²) in [7, 11) is 0. The zero-order chi connectivity index (χ0) is 28.7. The number of ether oxygens (including phenoxy) is 2. The van der Waals surface area contributed by atoms with Gasteiger partial charge in [-0.3, -0.25) is 9.69 Å². The Balaban J connectivity index is 0.962. The lowest BCUT2D eigenvalue weighted by Gasteiger charge is -2.31. The van der Waals surface area contributed by atoms with Crippen molar-refractivity contribution in [2.75, 3.05) is 19.7 Å². The highest BCUT2D eigenvalue weighted by molar-refractivity contribution is 7.13. The van der Waals surface area contributed by atoms with E-state index >= 15 is 0 Å². The summed E-state index contributed by atoms with van der Waals surface area (Å²) in [6, 6.07) is 10.2. The third kappa shape index (κ3) is 9.49. The number of amides is 1. The highest BCUT2D eigenvalue weighted by Crippen LogP contribution is 2.32. The molecule has 2 aliphatic rings. The van der Waals surface area contributed by atoms with Crippen molar-refractivity contribution >= 4 is 28.6 Å². The topological polar surface area (TPSA) is 89.5 Å². The molecule has 1 aromatic carbocycles. The average Bonchev–Trinajstić information content (AvgIpc) is 3.57. The number of hydrogen-bond acceptors (Lipinski definition) is 9. The third-order valence-corrected chi connectivity index (χ3v) is 9.43. The van der Waals surface area contributed by atoms with Gasteiger partial charge in [-0.25, -0.2) is 13.8 Å². The smallest absolute Gasteiger partial charge is 0.278 e. The normalized spacial score (nSPS) is 19.6. The quantitative estimate of drug-likeness (QED) is 0.279. The number of hydrogen-bond donors (Lipinski definition) is 1. The minimum Gasteiger partial charge on any atom is -0.464 e. The number of carbonyl (C=O) groups is 1. The molecule has 8 nitrogen and oxygen atoms in total. The number of halogens is 2. The van der Waals surface area contributed by atoms with E-state index in [1.165, 1.54) is 22.7 Å². The molecule has 12 heteroatoms. The van der Waals surface area contributed by atoms with Crippen LogP contribution in [-0.4, -0.2) is 57.6 Å². The van der Waals surface area contributed by atoms with Gasteiger partial charge >= 0.3 is 0 Å². The van der Waals surface area contributed by atoms with Gasteiger partial charge in [0.05, 0.1) is 18.7 Å². The summed E-state index contributed by atoms with van der Waals surface area (Å²) in [4.78, 5) is 20.6. The molecule has 222 valence electrons. The standard InChI is InChI=1S/C29H37F2N5O3S2/c1-29(30,31)19-39-28-33-23-16-36(14-12-24(23)40-28)13-11-20-7-9-22(10-8-20)32-25(37)15-26-34-35-27(41-26)18-38-17-21-5-3-2-4-6-21/h2-6,20,22H,7-19H2,1H3,(H,32,37). The van der Waals surface area contributed by atoms with Crippen molar-refractivity contribution in [3.05, 3.63) is 56.5 Å². The van der Waals surface area contributed by atoms with E-state index in [1.807, 2.05) is 30.3 Å². The first kappa shape index (κ1) is 29.9. The number of aromatic nitrogens is 3. The lowest BCUT2D eigenvalue weighted by atomic mass is 9.84. The molecule has 0 atom stereocenters. The van der Waals surface area contributed by atoms with Gasteiger partial charge in [0.15, 0.2) is 6.61 Å². The van der Waals surface area contributed by atoms with Crippen LogP contribution in [0.15, 0.2) is 30.3 Å². The fraction of sp³-hybridized carbons (Fsp3) is 0.586. The zero-order valence-corrected chi connectivity index (χ0v) is 25.0. The maximum atomic E-state index is 13.1. The van der Waals surface area contributed by atoms with E-state index in [9.17, 15) is 13.6 Å². The summed E-state index contributed by atoms with van der Waals surface area (Å²) in [5, 5.41) is 13.4. The van der Waals surface area contributed by atoms with E-state index in [0.29, 0.717) is 29.3 Å². The van der Waals surface area contributed by atoms with Gasteiger partial charge < -0.3 is 14.8 Å². The fourth-order valence-corrected chi connectivity index (χ4v) is 6.98. The molecule has 1 aliphatic carbocycles. The molecule has 0 saturated heterocycles. The molecular formula is C29H37F2N5O3S2. The molecule has 1 amide bonds. The lowest BCUT2D eigenvalue weighted by molar-refractivity contribution is -0.121. The number of fused-ring (bicyclic) bond motifs is 1. The third-order valence-electron chi connectivity index (χ3n) is 7.46. The number of rotatable bonds is 13. The van der Waals surface area contributed by atoms with E-state index in [-0.39, 0.29) is 18.4 Å². The van der Waals surface area contributed by atoms with Gasteiger partial charge in [-0.1, -0.05) is 53.0 Å². The van der Waals surface area contributed by atoms with E-state index in [2.05, 4.69) is 25.4 Å². The van der Waals surface area contributed by atoms with Crippen LogP contribution in [0, 0.1) is 5.92 Å². The molecule has 3 heterocycles. The van der Waals surface area contributed by atoms with Crippen LogP contribution in [-0.2, 0) is 42.1 Å².